The van der Waals surface area contributed by atoms with Gasteiger partial charge in [-0.05, 0) is 51.3 Å². The minimum Gasteiger partial charge on any atom is -0.353 e. The molecule has 1 heterocycles. The number of hydrogen-bond acceptors (Lipinski definition) is 3. The van der Waals surface area contributed by atoms with Crippen LogP contribution >= 0.6 is 11.8 Å². The highest BCUT2D eigenvalue weighted by atomic mass is 32.2. The van der Waals surface area contributed by atoms with Crippen LogP contribution in [-0.2, 0) is 4.79 Å². The zero-order valence-electron chi connectivity index (χ0n) is 13.9. The number of ketones is 2. The van der Waals surface area contributed by atoms with E-state index in [1.807, 2.05) is 32.0 Å². The van der Waals surface area contributed by atoms with Crippen LogP contribution < -0.4 is 0 Å². The van der Waals surface area contributed by atoms with Crippen LogP contribution in [-0.4, -0.2) is 16.6 Å². The fraction of sp³-hybridized carbons (Fsp3) is 0.368. The van der Waals surface area contributed by atoms with Gasteiger partial charge in [-0.15, -0.1) is 0 Å². The number of rotatable bonds is 8. The van der Waals surface area contributed by atoms with Crippen molar-refractivity contribution in [1.29, 1.82) is 0 Å². The van der Waals surface area contributed by atoms with E-state index in [2.05, 4.69) is 17.1 Å². The molecule has 122 valence electrons. The molecule has 0 aliphatic carbocycles. The van der Waals surface area contributed by atoms with Crippen molar-refractivity contribution in [3.05, 3.63) is 47.2 Å². The molecule has 1 aromatic heterocycles. The first-order valence-electron chi connectivity index (χ1n) is 7.93. The van der Waals surface area contributed by atoms with Gasteiger partial charge < -0.3 is 9.78 Å². The second-order valence-electron chi connectivity index (χ2n) is 5.83. The summed E-state index contributed by atoms with van der Waals surface area (Å²) in [4.78, 5) is 27.9. The summed E-state index contributed by atoms with van der Waals surface area (Å²) in [7, 11) is 0. The molecular weight excluding hydrogens is 306 g/mol. The summed E-state index contributed by atoms with van der Waals surface area (Å²) in [6, 6.07) is 10.1. The maximum absolute atomic E-state index is 12.5. The number of hydrogen-bond donors (Lipinski definition) is 1. The summed E-state index contributed by atoms with van der Waals surface area (Å²) in [6.45, 7) is 5.54. The number of nitrogens with one attached hydrogen (secondary N) is 1. The number of carbonyl (C=O) groups is 2. The maximum Gasteiger partial charge on any atom is 0.164 e. The van der Waals surface area contributed by atoms with Gasteiger partial charge in [-0.2, -0.15) is 0 Å². The first-order chi connectivity index (χ1) is 11.0. The van der Waals surface area contributed by atoms with Crippen LogP contribution in [0.1, 0.15) is 54.2 Å². The van der Waals surface area contributed by atoms with Gasteiger partial charge in [0.05, 0.1) is 5.03 Å². The minimum atomic E-state index is 0.166. The lowest BCUT2D eigenvalue weighted by Gasteiger charge is -2.03. The van der Waals surface area contributed by atoms with E-state index < -0.39 is 0 Å². The molecule has 0 fully saturated rings. The molecule has 0 saturated heterocycles. The molecule has 23 heavy (non-hydrogen) atoms. The third kappa shape index (κ3) is 4.83. The molecule has 2 aromatic rings. The Hall–Kier alpha value is -1.81. The molecule has 0 radical (unpaired) electrons. The first kappa shape index (κ1) is 17.5. The topological polar surface area (TPSA) is 49.9 Å². The number of aromatic amines is 1. The predicted octanol–water partition coefficient (Wildman–Crippen LogP) is 5.11. The zero-order chi connectivity index (χ0) is 16.8. The fourth-order valence-corrected chi connectivity index (χ4v) is 3.62. The fourth-order valence-electron chi connectivity index (χ4n) is 2.63. The van der Waals surface area contributed by atoms with Crippen LogP contribution in [0.25, 0.3) is 0 Å². The lowest BCUT2D eigenvalue weighted by Crippen LogP contribution is -2.02. The average Bonchev–Trinajstić information content (AvgIpc) is 2.78. The second-order valence-corrected chi connectivity index (χ2v) is 6.91. The molecule has 4 heteroatoms. The number of Topliss-reactive ketones (excluding diaryl/α,β-unsaturated/α-hetero) is 2. The predicted molar refractivity (Wildman–Crippen MR) is 94.3 cm³/mol. The van der Waals surface area contributed by atoms with Gasteiger partial charge in [0.15, 0.2) is 5.78 Å². The van der Waals surface area contributed by atoms with Gasteiger partial charge in [-0.1, -0.05) is 30.0 Å². The smallest absolute Gasteiger partial charge is 0.164 e. The Kier molecular flexibility index (Phi) is 6.22. The van der Waals surface area contributed by atoms with E-state index in [0.717, 1.165) is 39.6 Å². The van der Waals surface area contributed by atoms with Crippen LogP contribution in [0.4, 0.5) is 0 Å². The molecule has 1 N–H and O–H groups in total. The highest BCUT2D eigenvalue weighted by molar-refractivity contribution is 7.99. The number of benzene rings is 1. The largest absolute Gasteiger partial charge is 0.353 e. The summed E-state index contributed by atoms with van der Waals surface area (Å²) in [5.74, 6) is 0.354. The SMILES string of the molecule is CC(=O)CCCCC(=O)c1c(C)[nH]c(Sc2ccccc2)c1C. The highest BCUT2D eigenvalue weighted by Gasteiger charge is 2.18. The monoisotopic (exact) mass is 329 g/mol. The van der Waals surface area contributed by atoms with Crippen LogP contribution in [0, 0.1) is 13.8 Å². The van der Waals surface area contributed by atoms with Crippen molar-refractivity contribution in [2.75, 3.05) is 0 Å². The third-order valence-electron chi connectivity index (χ3n) is 3.82. The van der Waals surface area contributed by atoms with Crippen molar-refractivity contribution < 1.29 is 9.59 Å². The Labute approximate surface area is 141 Å². The van der Waals surface area contributed by atoms with E-state index in [1.165, 1.54) is 0 Å². The zero-order valence-corrected chi connectivity index (χ0v) is 14.8. The Bertz CT molecular complexity index is 689. The highest BCUT2D eigenvalue weighted by Crippen LogP contribution is 2.33. The number of unbranched alkanes of at least 4 members (excludes halogenated alkanes) is 1. The van der Waals surface area contributed by atoms with Gasteiger partial charge in [0.1, 0.15) is 5.78 Å². The van der Waals surface area contributed by atoms with E-state index >= 15 is 0 Å². The van der Waals surface area contributed by atoms with Crippen molar-refractivity contribution in [2.24, 2.45) is 0 Å². The number of aromatic nitrogens is 1. The standard InChI is InChI=1S/C19H23NO2S/c1-13(21)9-7-8-12-17(22)18-14(2)19(20-15(18)3)23-16-10-5-4-6-11-16/h4-6,10-11,20H,7-9,12H2,1-3H3. The molecule has 0 unspecified atom stereocenters. The molecule has 0 bridgehead atoms. The number of carbonyl (C=O) groups excluding carboxylic acids is 2. The van der Waals surface area contributed by atoms with Crippen LogP contribution in [0.3, 0.4) is 0 Å². The van der Waals surface area contributed by atoms with Crippen LogP contribution in [0.5, 0.6) is 0 Å². The molecule has 0 spiro atoms. The lowest BCUT2D eigenvalue weighted by atomic mass is 10.0. The van der Waals surface area contributed by atoms with Gasteiger partial charge in [0.2, 0.25) is 0 Å². The Morgan fingerprint density at radius 3 is 2.35 bits per heavy atom. The summed E-state index contributed by atoms with van der Waals surface area (Å²) in [5.41, 5.74) is 2.76. The molecular formula is C19H23NO2S. The van der Waals surface area contributed by atoms with Crippen molar-refractivity contribution in [3.8, 4) is 0 Å². The van der Waals surface area contributed by atoms with Gasteiger partial charge in [0.25, 0.3) is 0 Å². The summed E-state index contributed by atoms with van der Waals surface area (Å²) >= 11 is 1.65. The number of H-pyrrole nitrogens is 1. The van der Waals surface area contributed by atoms with Gasteiger partial charge in [0, 0.05) is 29.0 Å². The maximum atomic E-state index is 12.5. The van der Waals surface area contributed by atoms with Crippen LogP contribution in [0.2, 0.25) is 0 Å². The average molecular weight is 329 g/mol. The summed E-state index contributed by atoms with van der Waals surface area (Å²) < 4.78 is 0. The molecule has 0 aliphatic rings. The number of aryl methyl sites for hydroxylation is 1. The van der Waals surface area contributed by atoms with Crippen molar-refractivity contribution in [2.45, 2.75) is 56.4 Å². The first-order valence-corrected chi connectivity index (χ1v) is 8.75. The van der Waals surface area contributed by atoms with Gasteiger partial charge in [-0.25, -0.2) is 0 Å². The van der Waals surface area contributed by atoms with E-state index in [-0.39, 0.29) is 11.6 Å². The quantitative estimate of drug-likeness (QED) is 0.540. The Morgan fingerprint density at radius 1 is 1.04 bits per heavy atom. The second kappa shape index (κ2) is 8.16. The summed E-state index contributed by atoms with van der Waals surface area (Å²) in [5, 5.41) is 1.03. The van der Waals surface area contributed by atoms with Crippen molar-refractivity contribution >= 4 is 23.3 Å². The van der Waals surface area contributed by atoms with E-state index in [0.29, 0.717) is 12.8 Å². The van der Waals surface area contributed by atoms with Crippen molar-refractivity contribution in [1.82, 2.24) is 4.98 Å². The molecule has 0 amide bonds. The summed E-state index contributed by atoms with van der Waals surface area (Å²) in [6.07, 6.45) is 2.62. The van der Waals surface area contributed by atoms with Gasteiger partial charge >= 0.3 is 0 Å². The Morgan fingerprint density at radius 2 is 1.70 bits per heavy atom. The van der Waals surface area contributed by atoms with E-state index in [4.69, 9.17) is 0 Å². The molecule has 1 aromatic carbocycles. The Balaban J connectivity index is 2.05. The third-order valence-corrected chi connectivity index (χ3v) is 4.94. The van der Waals surface area contributed by atoms with Crippen molar-refractivity contribution in [3.63, 3.8) is 0 Å². The molecule has 0 atom stereocenters. The molecule has 0 saturated carbocycles. The minimum absolute atomic E-state index is 0.166. The molecule has 2 rings (SSSR count). The van der Waals surface area contributed by atoms with Gasteiger partial charge in [-0.3, -0.25) is 4.79 Å². The lowest BCUT2D eigenvalue weighted by molar-refractivity contribution is -0.117. The normalized spacial score (nSPS) is 10.7. The van der Waals surface area contributed by atoms with Crippen LogP contribution in [0.15, 0.2) is 40.3 Å². The van der Waals surface area contributed by atoms with E-state index in [9.17, 15) is 9.59 Å². The van der Waals surface area contributed by atoms with E-state index in [1.54, 1.807) is 18.7 Å². The molecule has 0 aliphatic heterocycles. The molecule has 3 nitrogen and oxygen atoms in total.